The van der Waals surface area contributed by atoms with Crippen molar-refractivity contribution in [2.24, 2.45) is 0 Å². The zero-order valence-corrected chi connectivity index (χ0v) is 6.68. The van der Waals surface area contributed by atoms with Gasteiger partial charge >= 0.3 is 0 Å². The summed E-state index contributed by atoms with van der Waals surface area (Å²) in [5.74, 6) is 0.682. The van der Waals surface area contributed by atoms with E-state index in [-0.39, 0.29) is 11.6 Å². The lowest BCUT2D eigenvalue weighted by Crippen LogP contribution is -1.85. The number of hydrogen-bond acceptors (Lipinski definition) is 4. The molecule has 4 nitrogen and oxygen atoms in total. The molecule has 66 valence electrons. The third-order valence-corrected chi connectivity index (χ3v) is 1.46. The molecule has 0 saturated carbocycles. The van der Waals surface area contributed by atoms with Crippen LogP contribution in [0.4, 0.5) is 0 Å². The van der Waals surface area contributed by atoms with Crippen molar-refractivity contribution in [3.8, 4) is 17.4 Å². The molecular weight excluding hydrogens is 170 g/mol. The van der Waals surface area contributed by atoms with Crippen LogP contribution in [0.1, 0.15) is 0 Å². The first-order chi connectivity index (χ1) is 6.36. The largest absolute Gasteiger partial charge is 0.503 e. The highest BCUT2D eigenvalue weighted by atomic mass is 16.5. The Morgan fingerprint density at radius 2 is 2.31 bits per heavy atom. The molecule has 0 unspecified atom stereocenters. The molecule has 2 heterocycles. The summed E-state index contributed by atoms with van der Waals surface area (Å²) in [6.45, 7) is 0. The predicted octanol–water partition coefficient (Wildman–Crippen LogP) is 2.17. The highest BCUT2D eigenvalue weighted by molar-refractivity contribution is 5.34. The molecule has 0 radical (unpaired) electrons. The van der Waals surface area contributed by atoms with Gasteiger partial charge in [-0.25, -0.2) is 4.98 Å². The van der Waals surface area contributed by atoms with Crippen LogP contribution in [0.3, 0.4) is 0 Å². The van der Waals surface area contributed by atoms with E-state index in [1.165, 1.54) is 24.8 Å². The van der Waals surface area contributed by atoms with Crippen LogP contribution in [-0.4, -0.2) is 10.1 Å². The number of rotatable bonds is 2. The molecule has 0 spiro atoms. The van der Waals surface area contributed by atoms with Crippen LogP contribution in [0.2, 0.25) is 0 Å². The van der Waals surface area contributed by atoms with Gasteiger partial charge in [0, 0.05) is 12.3 Å². The fourth-order valence-corrected chi connectivity index (χ4v) is 0.883. The van der Waals surface area contributed by atoms with Gasteiger partial charge in [-0.15, -0.1) is 0 Å². The van der Waals surface area contributed by atoms with E-state index < -0.39 is 0 Å². The maximum Gasteiger partial charge on any atom is 0.262 e. The number of nitrogens with zero attached hydrogens (tertiary/aromatic N) is 1. The highest BCUT2D eigenvalue weighted by Gasteiger charge is 2.03. The molecule has 0 fully saturated rings. The normalized spacial score (nSPS) is 9.85. The van der Waals surface area contributed by atoms with E-state index in [0.29, 0.717) is 5.75 Å². The molecule has 13 heavy (non-hydrogen) atoms. The summed E-state index contributed by atoms with van der Waals surface area (Å²) in [6, 6.07) is 4.76. The van der Waals surface area contributed by atoms with Crippen molar-refractivity contribution in [2.75, 3.05) is 0 Å². The number of aromatic nitrogens is 1. The standard InChI is InChI=1S/C9H7NO3/c11-8-2-1-4-10-9(8)13-7-3-5-12-6-7/h1-6,11H. The van der Waals surface area contributed by atoms with E-state index in [2.05, 4.69) is 4.98 Å². The molecule has 0 amide bonds. The van der Waals surface area contributed by atoms with Gasteiger partial charge in [0.05, 0.1) is 6.26 Å². The van der Waals surface area contributed by atoms with E-state index in [9.17, 15) is 5.11 Å². The minimum Gasteiger partial charge on any atom is -0.503 e. The number of pyridine rings is 1. The molecule has 4 heteroatoms. The first kappa shape index (κ1) is 7.67. The van der Waals surface area contributed by atoms with Gasteiger partial charge in [-0.3, -0.25) is 0 Å². The molecule has 2 aromatic rings. The summed E-state index contributed by atoms with van der Waals surface area (Å²) in [7, 11) is 0. The van der Waals surface area contributed by atoms with Crippen molar-refractivity contribution in [3.63, 3.8) is 0 Å². The van der Waals surface area contributed by atoms with E-state index in [4.69, 9.17) is 9.15 Å². The van der Waals surface area contributed by atoms with E-state index in [1.54, 1.807) is 12.1 Å². The van der Waals surface area contributed by atoms with Gasteiger partial charge in [-0.05, 0) is 12.1 Å². The zero-order chi connectivity index (χ0) is 9.10. The molecule has 0 aromatic carbocycles. The molecule has 2 aromatic heterocycles. The third kappa shape index (κ3) is 1.61. The molecule has 0 aliphatic carbocycles. The average Bonchev–Trinajstić information content (AvgIpc) is 2.61. The number of aromatic hydroxyl groups is 1. The van der Waals surface area contributed by atoms with E-state index in [0.717, 1.165) is 0 Å². The Hall–Kier alpha value is -1.97. The van der Waals surface area contributed by atoms with Gasteiger partial charge in [0.2, 0.25) is 0 Å². The number of hydrogen-bond donors (Lipinski definition) is 1. The van der Waals surface area contributed by atoms with Gasteiger partial charge in [-0.1, -0.05) is 0 Å². The number of furan rings is 1. The number of ether oxygens (including phenoxy) is 1. The predicted molar refractivity (Wildman–Crippen MR) is 44.7 cm³/mol. The van der Waals surface area contributed by atoms with Crippen molar-refractivity contribution in [2.45, 2.75) is 0 Å². The smallest absolute Gasteiger partial charge is 0.262 e. The molecule has 0 aliphatic heterocycles. The molecule has 0 saturated heterocycles. The van der Waals surface area contributed by atoms with Crippen LogP contribution in [0.5, 0.6) is 17.4 Å². The van der Waals surface area contributed by atoms with E-state index in [1.807, 2.05) is 0 Å². The molecule has 2 rings (SSSR count). The van der Waals surface area contributed by atoms with Gasteiger partial charge in [-0.2, -0.15) is 0 Å². The van der Waals surface area contributed by atoms with Gasteiger partial charge in [0.15, 0.2) is 11.5 Å². The van der Waals surface area contributed by atoms with Crippen LogP contribution < -0.4 is 4.74 Å². The Bertz CT molecular complexity index is 384. The Morgan fingerprint density at radius 1 is 1.38 bits per heavy atom. The molecule has 0 aliphatic rings. The Morgan fingerprint density at radius 3 is 3.00 bits per heavy atom. The van der Waals surface area contributed by atoms with Crippen LogP contribution in [0.15, 0.2) is 41.3 Å². The monoisotopic (exact) mass is 177 g/mol. The third-order valence-electron chi connectivity index (χ3n) is 1.46. The Balaban J connectivity index is 2.24. The second-order valence-electron chi connectivity index (χ2n) is 2.39. The second kappa shape index (κ2) is 3.18. The summed E-state index contributed by atoms with van der Waals surface area (Å²) < 4.78 is 9.99. The van der Waals surface area contributed by atoms with Crippen molar-refractivity contribution in [3.05, 3.63) is 36.9 Å². The fraction of sp³-hybridized carbons (Fsp3) is 0. The summed E-state index contributed by atoms with van der Waals surface area (Å²) in [5.41, 5.74) is 0. The van der Waals surface area contributed by atoms with Crippen molar-refractivity contribution >= 4 is 0 Å². The van der Waals surface area contributed by atoms with Gasteiger partial charge in [0.25, 0.3) is 5.88 Å². The summed E-state index contributed by atoms with van der Waals surface area (Å²) in [6.07, 6.45) is 4.44. The summed E-state index contributed by atoms with van der Waals surface area (Å²) >= 11 is 0. The lowest BCUT2D eigenvalue weighted by atomic mass is 10.4. The molecule has 1 N–H and O–H groups in total. The molecule has 0 bridgehead atoms. The SMILES string of the molecule is Oc1cccnc1Oc1ccoc1. The Labute approximate surface area is 74.4 Å². The zero-order valence-electron chi connectivity index (χ0n) is 6.68. The minimum absolute atomic E-state index is 0.00343. The molecule has 0 atom stereocenters. The molecular formula is C9H7NO3. The Kier molecular flexibility index (Phi) is 1.88. The fourth-order valence-electron chi connectivity index (χ4n) is 0.883. The average molecular weight is 177 g/mol. The van der Waals surface area contributed by atoms with Crippen LogP contribution >= 0.6 is 0 Å². The van der Waals surface area contributed by atoms with Crippen LogP contribution in [0.25, 0.3) is 0 Å². The summed E-state index contributed by atoms with van der Waals surface area (Å²) in [4.78, 5) is 3.84. The maximum absolute atomic E-state index is 9.29. The minimum atomic E-state index is 0.00343. The maximum atomic E-state index is 9.29. The van der Waals surface area contributed by atoms with Crippen LogP contribution in [-0.2, 0) is 0 Å². The first-order valence-electron chi connectivity index (χ1n) is 3.70. The first-order valence-corrected chi connectivity index (χ1v) is 3.70. The second-order valence-corrected chi connectivity index (χ2v) is 2.39. The van der Waals surface area contributed by atoms with E-state index >= 15 is 0 Å². The summed E-state index contributed by atoms with van der Waals surface area (Å²) in [5, 5.41) is 9.29. The quantitative estimate of drug-likeness (QED) is 0.763. The lowest BCUT2D eigenvalue weighted by molar-refractivity contribution is 0.393. The lowest BCUT2D eigenvalue weighted by Gasteiger charge is -2.01. The van der Waals surface area contributed by atoms with Crippen molar-refractivity contribution in [1.29, 1.82) is 0 Å². The van der Waals surface area contributed by atoms with Crippen molar-refractivity contribution < 1.29 is 14.3 Å². The topological polar surface area (TPSA) is 55.5 Å². The van der Waals surface area contributed by atoms with Gasteiger partial charge in [0.1, 0.15) is 6.26 Å². The highest BCUT2D eigenvalue weighted by Crippen LogP contribution is 2.27. The van der Waals surface area contributed by atoms with Gasteiger partial charge < -0.3 is 14.3 Å². The van der Waals surface area contributed by atoms with Crippen molar-refractivity contribution in [1.82, 2.24) is 4.98 Å². The van der Waals surface area contributed by atoms with Crippen LogP contribution in [0, 0.1) is 0 Å².